The third-order valence-corrected chi connectivity index (χ3v) is 4.93. The minimum Gasteiger partial charge on any atom is -0.748 e. The van der Waals surface area contributed by atoms with Gasteiger partial charge in [0.05, 0.1) is 33.8 Å². The normalized spacial score (nSPS) is 13.0. The van der Waals surface area contributed by atoms with Crippen LogP contribution in [0.15, 0.2) is 12.1 Å². The highest BCUT2D eigenvalue weighted by atomic mass is 35.5. The summed E-state index contributed by atoms with van der Waals surface area (Å²) >= 11 is 5.78. The second-order valence-electron chi connectivity index (χ2n) is 5.38. The first-order valence-corrected chi connectivity index (χ1v) is 9.14. The molecule has 134 valence electrons. The molecule has 0 radical (unpaired) electrons. The molecular weight excluding hydrogens is 369 g/mol. The molecule has 0 fully saturated rings. The van der Waals surface area contributed by atoms with E-state index >= 15 is 0 Å². The fraction of sp³-hybridized carbons (Fsp3) is 0.500. The highest BCUT2D eigenvalue weighted by Crippen LogP contribution is 2.36. The van der Waals surface area contributed by atoms with E-state index in [9.17, 15) is 26.1 Å². The Kier molecular flexibility index (Phi) is 5.17. The monoisotopic (exact) mass is 384 g/mol. The molecule has 0 atom stereocenters. The van der Waals surface area contributed by atoms with Crippen molar-refractivity contribution in [1.29, 1.82) is 0 Å². The van der Waals surface area contributed by atoms with E-state index in [1.807, 2.05) is 6.92 Å². The van der Waals surface area contributed by atoms with E-state index in [0.29, 0.717) is 23.4 Å². The lowest BCUT2D eigenvalue weighted by molar-refractivity contribution is -0.678. The number of hydrogen-bond donors (Lipinski definition) is 0. The fourth-order valence-electron chi connectivity index (χ4n) is 2.78. The van der Waals surface area contributed by atoms with Gasteiger partial charge in [0.1, 0.15) is 0 Å². The van der Waals surface area contributed by atoms with Gasteiger partial charge < -0.3 is 4.55 Å². The lowest BCUT2D eigenvalue weighted by Crippen LogP contribution is -2.37. The lowest BCUT2D eigenvalue weighted by atomic mass is 10.2. The number of alkyl halides is 3. The number of aryl methyl sites for hydroxylation is 2. The maximum absolute atomic E-state index is 13.1. The zero-order valence-corrected chi connectivity index (χ0v) is 14.6. The summed E-state index contributed by atoms with van der Waals surface area (Å²) in [4.78, 5) is 0. The van der Waals surface area contributed by atoms with Gasteiger partial charge in [0.25, 0.3) is 5.82 Å². The molecular formula is C14H16ClF3N2O3S. The van der Waals surface area contributed by atoms with E-state index < -0.39 is 32.6 Å². The van der Waals surface area contributed by atoms with E-state index in [4.69, 9.17) is 11.6 Å². The van der Waals surface area contributed by atoms with Crippen molar-refractivity contribution in [2.45, 2.75) is 39.5 Å². The summed E-state index contributed by atoms with van der Waals surface area (Å²) in [5.74, 6) is 0.0870. The summed E-state index contributed by atoms with van der Waals surface area (Å²) in [5.41, 5.74) is -0.123. The van der Waals surface area contributed by atoms with Crippen molar-refractivity contribution in [2.75, 3.05) is 5.75 Å². The highest BCUT2D eigenvalue weighted by Gasteiger charge is 2.35. The Hall–Kier alpha value is -1.32. The van der Waals surface area contributed by atoms with Crippen LogP contribution in [0.25, 0.3) is 11.0 Å². The van der Waals surface area contributed by atoms with Crippen LogP contribution in [0.1, 0.15) is 24.7 Å². The predicted octanol–water partition coefficient (Wildman–Crippen LogP) is 2.86. The number of imidazole rings is 1. The Morgan fingerprint density at radius 3 is 2.46 bits per heavy atom. The molecule has 0 aliphatic rings. The van der Waals surface area contributed by atoms with E-state index in [0.717, 1.165) is 6.07 Å². The summed E-state index contributed by atoms with van der Waals surface area (Å²) in [6.45, 7) is 4.19. The van der Waals surface area contributed by atoms with E-state index in [1.54, 1.807) is 16.1 Å². The van der Waals surface area contributed by atoms with Crippen molar-refractivity contribution < 1.29 is 30.7 Å². The van der Waals surface area contributed by atoms with Gasteiger partial charge >= 0.3 is 6.18 Å². The zero-order valence-electron chi connectivity index (χ0n) is 13.0. The second kappa shape index (κ2) is 6.53. The van der Waals surface area contributed by atoms with Crippen LogP contribution < -0.4 is 4.57 Å². The summed E-state index contributed by atoms with van der Waals surface area (Å²) in [6.07, 6.45) is -4.58. The van der Waals surface area contributed by atoms with Gasteiger partial charge in [-0.2, -0.15) is 13.2 Å². The molecule has 5 nitrogen and oxygen atoms in total. The molecule has 0 saturated carbocycles. The first kappa shape index (κ1) is 19.0. The highest BCUT2D eigenvalue weighted by molar-refractivity contribution is 7.85. The fourth-order valence-corrected chi connectivity index (χ4v) is 3.52. The van der Waals surface area contributed by atoms with E-state index in [-0.39, 0.29) is 13.0 Å². The molecule has 10 heteroatoms. The number of fused-ring (bicyclic) bond motifs is 1. The smallest absolute Gasteiger partial charge is 0.418 e. The standard InChI is InChI=1S/C14H16ClF3N2O3S/c1-3-19-9(2)20(5-4-6-24(21,22)23)12-7-10(14(16,17)18)11(15)8-13(12)19/h7-8H,3-6H2,1-2H3. The van der Waals surface area contributed by atoms with Crippen LogP contribution in [0.5, 0.6) is 0 Å². The third kappa shape index (κ3) is 3.84. The van der Waals surface area contributed by atoms with Gasteiger partial charge in [-0.3, -0.25) is 0 Å². The van der Waals surface area contributed by atoms with Gasteiger partial charge in [-0.1, -0.05) is 11.6 Å². The van der Waals surface area contributed by atoms with Crippen LogP contribution in [0.4, 0.5) is 13.2 Å². The van der Waals surface area contributed by atoms with Crippen LogP contribution >= 0.6 is 11.6 Å². The summed E-state index contributed by atoms with van der Waals surface area (Å²) in [5, 5.41) is -0.392. The van der Waals surface area contributed by atoms with Crippen molar-refractivity contribution in [3.63, 3.8) is 0 Å². The van der Waals surface area contributed by atoms with Gasteiger partial charge in [-0.15, -0.1) is 0 Å². The molecule has 24 heavy (non-hydrogen) atoms. The molecule has 0 spiro atoms. The van der Waals surface area contributed by atoms with Crippen LogP contribution in [-0.4, -0.2) is 23.3 Å². The Labute approximate surface area is 142 Å². The first-order chi connectivity index (χ1) is 11.0. The summed E-state index contributed by atoms with van der Waals surface area (Å²) in [7, 11) is -4.37. The maximum atomic E-state index is 13.1. The molecule has 0 aliphatic heterocycles. The number of halogens is 4. The Morgan fingerprint density at radius 1 is 1.33 bits per heavy atom. The largest absolute Gasteiger partial charge is 0.748 e. The van der Waals surface area contributed by atoms with Crippen molar-refractivity contribution in [2.24, 2.45) is 0 Å². The van der Waals surface area contributed by atoms with Crippen molar-refractivity contribution >= 4 is 32.8 Å². The van der Waals surface area contributed by atoms with Gasteiger partial charge in [-0.25, -0.2) is 17.6 Å². The Bertz CT molecular complexity index is 876. The minimum atomic E-state index is -4.59. The van der Waals surface area contributed by atoms with Gasteiger partial charge in [0.15, 0.2) is 11.0 Å². The van der Waals surface area contributed by atoms with Gasteiger partial charge in [0.2, 0.25) is 0 Å². The van der Waals surface area contributed by atoms with Gasteiger partial charge in [0, 0.05) is 24.8 Å². The quantitative estimate of drug-likeness (QED) is 0.588. The number of hydrogen-bond acceptors (Lipinski definition) is 3. The molecule has 0 amide bonds. The summed E-state index contributed by atoms with van der Waals surface area (Å²) in [6, 6.07) is 2.22. The average Bonchev–Trinajstić information content (AvgIpc) is 2.67. The number of rotatable bonds is 5. The SMILES string of the molecule is CCn1c(C)[n+](CCCS(=O)(=O)[O-])c2cc(C(F)(F)F)c(Cl)cc21. The Morgan fingerprint density at radius 2 is 1.96 bits per heavy atom. The number of benzene rings is 1. The molecule has 0 saturated heterocycles. The topological polar surface area (TPSA) is 66.0 Å². The predicted molar refractivity (Wildman–Crippen MR) is 81.7 cm³/mol. The molecule has 0 N–H and O–H groups in total. The third-order valence-electron chi connectivity index (χ3n) is 3.82. The molecule has 2 rings (SSSR count). The summed E-state index contributed by atoms with van der Waals surface area (Å²) < 4.78 is 74.8. The van der Waals surface area contributed by atoms with Crippen LogP contribution in [0.2, 0.25) is 5.02 Å². The zero-order chi connectivity index (χ0) is 18.3. The Balaban J connectivity index is 2.58. The van der Waals surface area contributed by atoms with E-state index in [1.165, 1.54) is 6.07 Å². The number of nitrogens with zero attached hydrogens (tertiary/aromatic N) is 2. The van der Waals surface area contributed by atoms with Crippen LogP contribution in [-0.2, 0) is 29.4 Å². The van der Waals surface area contributed by atoms with Crippen molar-refractivity contribution in [3.8, 4) is 0 Å². The maximum Gasteiger partial charge on any atom is 0.418 e. The van der Waals surface area contributed by atoms with Crippen molar-refractivity contribution in [1.82, 2.24) is 4.57 Å². The first-order valence-electron chi connectivity index (χ1n) is 7.18. The molecule has 1 aromatic heterocycles. The molecule has 2 aromatic rings. The minimum absolute atomic E-state index is 0.0180. The van der Waals surface area contributed by atoms with Crippen molar-refractivity contribution in [3.05, 3.63) is 28.5 Å². The van der Waals surface area contributed by atoms with E-state index in [2.05, 4.69) is 0 Å². The van der Waals surface area contributed by atoms with Crippen LogP contribution in [0.3, 0.4) is 0 Å². The molecule has 1 heterocycles. The molecule has 0 unspecified atom stereocenters. The molecule has 1 aromatic carbocycles. The second-order valence-corrected chi connectivity index (χ2v) is 7.31. The van der Waals surface area contributed by atoms with Crippen LogP contribution in [0, 0.1) is 6.92 Å². The molecule has 0 bridgehead atoms. The average molecular weight is 385 g/mol. The van der Waals surface area contributed by atoms with Gasteiger partial charge in [-0.05, 0) is 13.3 Å². The molecule has 0 aliphatic carbocycles. The lowest BCUT2D eigenvalue weighted by Gasteiger charge is -2.08. The number of aromatic nitrogens is 2.